The fourth-order valence-corrected chi connectivity index (χ4v) is 2.94. The molecule has 3 N–H and O–H groups in total. The average molecular weight is 255 g/mol. The van der Waals surface area contributed by atoms with Crippen molar-refractivity contribution in [3.8, 4) is 0 Å². The third-order valence-electron chi connectivity index (χ3n) is 4.24. The van der Waals surface area contributed by atoms with Crippen LogP contribution in [-0.4, -0.2) is 11.0 Å². The predicted octanol–water partition coefficient (Wildman–Crippen LogP) is 3.81. The lowest BCUT2D eigenvalue weighted by molar-refractivity contribution is 0.361. The minimum absolute atomic E-state index is 0.567. The molecule has 2 aromatic rings. The molecular weight excluding hydrogens is 234 g/mol. The second kappa shape index (κ2) is 5.08. The largest absolute Gasteiger partial charge is 0.397 e. The Morgan fingerprint density at radius 2 is 1.95 bits per heavy atom. The van der Waals surface area contributed by atoms with Gasteiger partial charge in [-0.1, -0.05) is 13.0 Å². The Morgan fingerprint density at radius 3 is 2.74 bits per heavy atom. The van der Waals surface area contributed by atoms with E-state index in [0.29, 0.717) is 6.04 Å². The van der Waals surface area contributed by atoms with E-state index in [0.717, 1.165) is 28.1 Å². The molecule has 0 aliphatic heterocycles. The first-order valence-electron chi connectivity index (χ1n) is 7.13. The van der Waals surface area contributed by atoms with Crippen LogP contribution in [0.5, 0.6) is 0 Å². The first-order chi connectivity index (χ1) is 9.24. The fraction of sp³-hybridized carbons (Fsp3) is 0.438. The minimum atomic E-state index is 0.567. The summed E-state index contributed by atoms with van der Waals surface area (Å²) in [5.74, 6) is 0.873. The number of hydrogen-bond acceptors (Lipinski definition) is 3. The molecule has 1 aromatic heterocycles. The molecule has 100 valence electrons. The summed E-state index contributed by atoms with van der Waals surface area (Å²) in [5, 5.41) is 5.80. The highest BCUT2D eigenvalue weighted by Crippen LogP contribution is 2.31. The molecule has 1 aliphatic rings. The standard InChI is InChI=1S/C16H21N3/c1-11-2-5-13(6-3-11)19-15-7-4-12-10-18-9-8-14(12)16(15)17/h4,7-11,13,19H,2-3,5-6,17H2,1H3. The van der Waals surface area contributed by atoms with E-state index in [9.17, 15) is 0 Å². The number of nitrogens with two attached hydrogens (primary N) is 1. The van der Waals surface area contributed by atoms with Crippen LogP contribution in [0.25, 0.3) is 10.8 Å². The van der Waals surface area contributed by atoms with Crippen LogP contribution in [0.3, 0.4) is 0 Å². The van der Waals surface area contributed by atoms with Crippen LogP contribution < -0.4 is 11.1 Å². The third kappa shape index (κ3) is 2.50. The second-order valence-electron chi connectivity index (χ2n) is 5.72. The summed E-state index contributed by atoms with van der Waals surface area (Å²) in [6.45, 7) is 2.34. The van der Waals surface area contributed by atoms with Gasteiger partial charge in [0.05, 0.1) is 11.4 Å². The van der Waals surface area contributed by atoms with Crippen molar-refractivity contribution in [2.75, 3.05) is 11.1 Å². The first-order valence-corrected chi connectivity index (χ1v) is 7.13. The van der Waals surface area contributed by atoms with E-state index in [1.165, 1.54) is 25.7 Å². The fourth-order valence-electron chi connectivity index (χ4n) is 2.94. The van der Waals surface area contributed by atoms with Gasteiger partial charge in [-0.15, -0.1) is 0 Å². The Balaban J connectivity index is 1.83. The SMILES string of the molecule is CC1CCC(Nc2ccc3cnccc3c2N)CC1. The van der Waals surface area contributed by atoms with Crippen molar-refractivity contribution in [3.63, 3.8) is 0 Å². The van der Waals surface area contributed by atoms with E-state index >= 15 is 0 Å². The molecule has 1 heterocycles. The topological polar surface area (TPSA) is 50.9 Å². The highest BCUT2D eigenvalue weighted by Gasteiger charge is 2.18. The van der Waals surface area contributed by atoms with Gasteiger partial charge < -0.3 is 11.1 Å². The number of fused-ring (bicyclic) bond motifs is 1. The van der Waals surface area contributed by atoms with Crippen LogP contribution in [0.4, 0.5) is 11.4 Å². The van der Waals surface area contributed by atoms with Gasteiger partial charge in [0, 0.05) is 29.2 Å². The van der Waals surface area contributed by atoms with Crippen molar-refractivity contribution in [3.05, 3.63) is 30.6 Å². The van der Waals surface area contributed by atoms with Crippen LogP contribution in [-0.2, 0) is 0 Å². The molecule has 0 amide bonds. The van der Waals surface area contributed by atoms with Gasteiger partial charge >= 0.3 is 0 Å². The molecule has 0 atom stereocenters. The number of aromatic nitrogens is 1. The molecule has 1 fully saturated rings. The Labute approximate surface area is 114 Å². The number of pyridine rings is 1. The summed E-state index contributed by atoms with van der Waals surface area (Å²) < 4.78 is 0. The van der Waals surface area contributed by atoms with Gasteiger partial charge in [-0.25, -0.2) is 0 Å². The van der Waals surface area contributed by atoms with Crippen molar-refractivity contribution < 1.29 is 0 Å². The maximum Gasteiger partial charge on any atom is 0.0630 e. The number of anilines is 2. The maximum atomic E-state index is 6.27. The molecule has 0 radical (unpaired) electrons. The lowest BCUT2D eigenvalue weighted by Crippen LogP contribution is -2.25. The Hall–Kier alpha value is -1.77. The summed E-state index contributed by atoms with van der Waals surface area (Å²) in [4.78, 5) is 4.13. The Bertz CT molecular complexity index is 571. The van der Waals surface area contributed by atoms with Crippen LogP contribution >= 0.6 is 0 Å². The predicted molar refractivity (Wildman–Crippen MR) is 81.2 cm³/mol. The smallest absolute Gasteiger partial charge is 0.0630 e. The molecule has 1 saturated carbocycles. The highest BCUT2D eigenvalue weighted by atomic mass is 14.9. The zero-order valence-electron chi connectivity index (χ0n) is 11.4. The van der Waals surface area contributed by atoms with E-state index in [1.54, 1.807) is 6.20 Å². The second-order valence-corrected chi connectivity index (χ2v) is 5.72. The summed E-state index contributed by atoms with van der Waals surface area (Å²) in [5.41, 5.74) is 8.19. The first kappa shape index (κ1) is 12.3. The molecule has 1 aliphatic carbocycles. The number of hydrogen-bond donors (Lipinski definition) is 2. The van der Waals surface area contributed by atoms with E-state index in [1.807, 2.05) is 12.3 Å². The summed E-state index contributed by atoms with van der Waals surface area (Å²) in [7, 11) is 0. The number of rotatable bonds is 2. The minimum Gasteiger partial charge on any atom is -0.397 e. The van der Waals surface area contributed by atoms with Gasteiger partial charge in [0.25, 0.3) is 0 Å². The average Bonchev–Trinajstić information content (AvgIpc) is 2.45. The molecule has 3 heteroatoms. The van der Waals surface area contributed by atoms with Crippen molar-refractivity contribution in [2.45, 2.75) is 38.6 Å². The highest BCUT2D eigenvalue weighted by molar-refractivity contribution is 5.98. The normalized spacial score (nSPS) is 23.4. The molecule has 0 unspecified atom stereocenters. The van der Waals surface area contributed by atoms with Gasteiger partial charge in [-0.05, 0) is 43.7 Å². The lowest BCUT2D eigenvalue weighted by atomic mass is 9.87. The number of nitrogens with one attached hydrogen (secondary N) is 1. The van der Waals surface area contributed by atoms with Gasteiger partial charge in [-0.3, -0.25) is 4.98 Å². The van der Waals surface area contributed by atoms with Crippen molar-refractivity contribution in [1.82, 2.24) is 4.98 Å². The molecule has 19 heavy (non-hydrogen) atoms. The summed E-state index contributed by atoms with van der Waals surface area (Å²) >= 11 is 0. The van der Waals surface area contributed by atoms with E-state index < -0.39 is 0 Å². The van der Waals surface area contributed by atoms with E-state index in [2.05, 4.69) is 29.4 Å². The van der Waals surface area contributed by atoms with Crippen LogP contribution in [0.1, 0.15) is 32.6 Å². The molecule has 0 bridgehead atoms. The summed E-state index contributed by atoms with van der Waals surface area (Å²) in [6, 6.07) is 6.72. The number of nitrogen functional groups attached to an aromatic ring is 1. The van der Waals surface area contributed by atoms with Crippen LogP contribution in [0.2, 0.25) is 0 Å². The van der Waals surface area contributed by atoms with Gasteiger partial charge in [0.1, 0.15) is 0 Å². The van der Waals surface area contributed by atoms with Crippen LogP contribution in [0, 0.1) is 5.92 Å². The zero-order chi connectivity index (χ0) is 13.2. The molecule has 3 rings (SSSR count). The van der Waals surface area contributed by atoms with E-state index in [4.69, 9.17) is 5.73 Å². The van der Waals surface area contributed by atoms with Crippen molar-refractivity contribution in [1.29, 1.82) is 0 Å². The summed E-state index contributed by atoms with van der Waals surface area (Å²) in [6.07, 6.45) is 8.77. The van der Waals surface area contributed by atoms with Crippen molar-refractivity contribution >= 4 is 22.1 Å². The molecule has 0 spiro atoms. The maximum absolute atomic E-state index is 6.27. The van der Waals surface area contributed by atoms with E-state index in [-0.39, 0.29) is 0 Å². The quantitative estimate of drug-likeness (QED) is 0.802. The van der Waals surface area contributed by atoms with Crippen molar-refractivity contribution in [2.24, 2.45) is 5.92 Å². The Kier molecular flexibility index (Phi) is 3.28. The third-order valence-corrected chi connectivity index (χ3v) is 4.24. The lowest BCUT2D eigenvalue weighted by Gasteiger charge is -2.28. The zero-order valence-corrected chi connectivity index (χ0v) is 11.4. The monoisotopic (exact) mass is 255 g/mol. The van der Waals surface area contributed by atoms with Crippen LogP contribution in [0.15, 0.2) is 30.6 Å². The van der Waals surface area contributed by atoms with Gasteiger partial charge in [0.2, 0.25) is 0 Å². The van der Waals surface area contributed by atoms with Gasteiger partial charge in [0.15, 0.2) is 0 Å². The molecular formula is C16H21N3. The number of nitrogens with zero attached hydrogens (tertiary/aromatic N) is 1. The molecule has 0 saturated heterocycles. The molecule has 3 nitrogen and oxygen atoms in total. The number of benzene rings is 1. The Morgan fingerprint density at radius 1 is 1.16 bits per heavy atom. The molecule has 1 aromatic carbocycles. The van der Waals surface area contributed by atoms with Gasteiger partial charge in [-0.2, -0.15) is 0 Å².